The first-order valence-electron chi connectivity index (χ1n) is 6.02. The lowest BCUT2D eigenvalue weighted by Crippen LogP contribution is -2.58. The number of nitrogens with zero attached hydrogens (tertiary/aromatic N) is 1. The summed E-state index contributed by atoms with van der Waals surface area (Å²) < 4.78 is 40.0. The van der Waals surface area contributed by atoms with E-state index < -0.39 is 46.6 Å². The number of carbonyl (C=O) groups excluding carboxylic acids is 2. The average Bonchev–Trinajstić information content (AvgIpc) is 2.48. The van der Waals surface area contributed by atoms with Crippen molar-refractivity contribution in [1.29, 1.82) is 0 Å². The maximum absolute atomic E-state index is 13.7. The molecular formula is C12H12F3N3O3. The van der Waals surface area contributed by atoms with Crippen LogP contribution in [0.3, 0.4) is 0 Å². The van der Waals surface area contributed by atoms with E-state index in [0.717, 1.165) is 4.90 Å². The Morgan fingerprint density at radius 1 is 1.33 bits per heavy atom. The van der Waals surface area contributed by atoms with Gasteiger partial charge in [0, 0.05) is 19.6 Å². The van der Waals surface area contributed by atoms with Crippen molar-refractivity contribution in [2.45, 2.75) is 6.04 Å². The van der Waals surface area contributed by atoms with Gasteiger partial charge in [-0.3, -0.25) is 9.59 Å². The number of piperazine rings is 1. The third kappa shape index (κ3) is 2.64. The van der Waals surface area contributed by atoms with E-state index in [9.17, 15) is 22.8 Å². The maximum Gasteiger partial charge on any atom is 0.257 e. The van der Waals surface area contributed by atoms with Crippen molar-refractivity contribution in [3.8, 4) is 5.75 Å². The Hall–Kier alpha value is -2.29. The first-order chi connectivity index (χ1) is 9.84. The number of benzene rings is 1. The van der Waals surface area contributed by atoms with Crippen molar-refractivity contribution in [3.63, 3.8) is 0 Å². The summed E-state index contributed by atoms with van der Waals surface area (Å²) in [6.45, 7) is 0.427. The molecule has 1 heterocycles. The zero-order valence-corrected chi connectivity index (χ0v) is 10.7. The van der Waals surface area contributed by atoms with Crippen molar-refractivity contribution in [1.82, 2.24) is 10.2 Å². The van der Waals surface area contributed by atoms with Gasteiger partial charge in [0.25, 0.3) is 5.91 Å². The summed E-state index contributed by atoms with van der Waals surface area (Å²) >= 11 is 0. The topological polar surface area (TPSA) is 95.7 Å². The number of amides is 2. The number of aromatic hydroxyl groups is 1. The number of nitrogens with one attached hydrogen (secondary N) is 1. The van der Waals surface area contributed by atoms with Crippen LogP contribution < -0.4 is 11.1 Å². The molecule has 0 radical (unpaired) electrons. The minimum atomic E-state index is -1.78. The van der Waals surface area contributed by atoms with Crippen LogP contribution in [0.25, 0.3) is 0 Å². The van der Waals surface area contributed by atoms with Crippen molar-refractivity contribution >= 4 is 11.8 Å². The zero-order chi connectivity index (χ0) is 15.7. The third-order valence-corrected chi connectivity index (χ3v) is 3.20. The largest absolute Gasteiger partial charge is 0.503 e. The van der Waals surface area contributed by atoms with E-state index in [4.69, 9.17) is 10.8 Å². The third-order valence-electron chi connectivity index (χ3n) is 3.20. The molecule has 1 aromatic carbocycles. The van der Waals surface area contributed by atoms with Crippen LogP contribution in [0.15, 0.2) is 6.07 Å². The quantitative estimate of drug-likeness (QED) is 0.654. The highest BCUT2D eigenvalue weighted by molar-refractivity contribution is 5.98. The molecule has 1 aromatic rings. The molecule has 0 spiro atoms. The second-order valence-electron chi connectivity index (χ2n) is 4.50. The fraction of sp³-hybridized carbons (Fsp3) is 0.333. The van der Waals surface area contributed by atoms with Gasteiger partial charge in [0.2, 0.25) is 11.7 Å². The molecule has 0 aromatic heterocycles. The van der Waals surface area contributed by atoms with Crippen LogP contribution in [0.5, 0.6) is 5.75 Å². The minimum absolute atomic E-state index is 0.0334. The normalized spacial score (nSPS) is 18.6. The number of hydrogen-bond donors (Lipinski definition) is 3. The molecule has 1 fully saturated rings. The van der Waals surface area contributed by atoms with E-state index >= 15 is 0 Å². The maximum atomic E-state index is 13.7. The summed E-state index contributed by atoms with van der Waals surface area (Å²) in [6, 6.07) is -0.701. The lowest BCUT2D eigenvalue weighted by Gasteiger charge is -2.34. The highest BCUT2D eigenvalue weighted by Gasteiger charge is 2.34. The Balaban J connectivity index is 2.42. The molecule has 1 aliphatic heterocycles. The van der Waals surface area contributed by atoms with E-state index in [1.54, 1.807) is 0 Å². The highest BCUT2D eigenvalue weighted by Crippen LogP contribution is 2.27. The molecule has 0 saturated carbocycles. The predicted octanol–water partition coefficient (Wildman–Crippen LogP) is -0.291. The number of carbonyl (C=O) groups is 2. The molecule has 1 aliphatic rings. The van der Waals surface area contributed by atoms with Gasteiger partial charge in [0.1, 0.15) is 6.04 Å². The molecule has 1 unspecified atom stereocenters. The van der Waals surface area contributed by atoms with E-state index in [1.165, 1.54) is 0 Å². The van der Waals surface area contributed by atoms with E-state index in [2.05, 4.69) is 5.32 Å². The zero-order valence-electron chi connectivity index (χ0n) is 10.7. The number of primary amides is 1. The smallest absolute Gasteiger partial charge is 0.257 e. The Morgan fingerprint density at radius 2 is 2.00 bits per heavy atom. The first kappa shape index (κ1) is 15.1. The first-order valence-corrected chi connectivity index (χ1v) is 6.02. The second kappa shape index (κ2) is 5.60. The molecule has 114 valence electrons. The van der Waals surface area contributed by atoms with Gasteiger partial charge in [-0.2, -0.15) is 4.39 Å². The standard InChI is InChI=1S/C12H12F3N3O3/c13-6-3-5(8(14)10(19)9(6)15)12(21)18-2-1-17-4-7(18)11(16)20/h3,7,17,19H,1-2,4H2,(H2,16,20). The summed E-state index contributed by atoms with van der Waals surface area (Å²) in [7, 11) is 0. The Labute approximate surface area is 117 Å². The van der Waals surface area contributed by atoms with Gasteiger partial charge in [-0.1, -0.05) is 0 Å². The molecule has 6 nitrogen and oxygen atoms in total. The number of phenolic OH excluding ortho intramolecular Hbond substituents is 1. The van der Waals surface area contributed by atoms with Gasteiger partial charge >= 0.3 is 0 Å². The van der Waals surface area contributed by atoms with Crippen LogP contribution in [-0.2, 0) is 4.79 Å². The number of halogens is 3. The lowest BCUT2D eigenvalue weighted by atomic mass is 10.1. The SMILES string of the molecule is NC(=O)C1CNCCN1C(=O)c1cc(F)c(F)c(O)c1F. The minimum Gasteiger partial charge on any atom is -0.503 e. The van der Waals surface area contributed by atoms with Gasteiger partial charge in [-0.15, -0.1) is 0 Å². The van der Waals surface area contributed by atoms with Crippen LogP contribution in [0.4, 0.5) is 13.2 Å². The van der Waals surface area contributed by atoms with Crippen molar-refractivity contribution < 1.29 is 27.9 Å². The Bertz CT molecular complexity index is 609. The fourth-order valence-electron chi connectivity index (χ4n) is 2.10. The van der Waals surface area contributed by atoms with Gasteiger partial charge in [-0.05, 0) is 6.07 Å². The van der Waals surface area contributed by atoms with Gasteiger partial charge in [0.05, 0.1) is 5.56 Å². The molecule has 2 rings (SSSR count). The molecule has 1 saturated heterocycles. The molecule has 0 bridgehead atoms. The molecule has 0 aliphatic carbocycles. The molecule has 2 amide bonds. The lowest BCUT2D eigenvalue weighted by molar-refractivity contribution is -0.122. The summed E-state index contributed by atoms with van der Waals surface area (Å²) in [5, 5.41) is 12.0. The molecule has 9 heteroatoms. The number of hydrogen-bond acceptors (Lipinski definition) is 4. The van der Waals surface area contributed by atoms with Gasteiger partial charge in [-0.25, -0.2) is 8.78 Å². The van der Waals surface area contributed by atoms with Crippen LogP contribution in [0.2, 0.25) is 0 Å². The second-order valence-corrected chi connectivity index (χ2v) is 4.50. The van der Waals surface area contributed by atoms with E-state index in [-0.39, 0.29) is 13.1 Å². The van der Waals surface area contributed by atoms with Crippen molar-refractivity contribution in [2.24, 2.45) is 5.73 Å². The van der Waals surface area contributed by atoms with Crippen LogP contribution in [-0.4, -0.2) is 47.5 Å². The van der Waals surface area contributed by atoms with Crippen LogP contribution in [0, 0.1) is 17.5 Å². The van der Waals surface area contributed by atoms with Gasteiger partial charge < -0.3 is 21.1 Å². The van der Waals surface area contributed by atoms with Gasteiger partial charge in [0.15, 0.2) is 17.4 Å². The number of nitrogens with two attached hydrogens (primary N) is 1. The Kier molecular flexibility index (Phi) is 4.03. The molecule has 21 heavy (non-hydrogen) atoms. The fourth-order valence-corrected chi connectivity index (χ4v) is 2.10. The van der Waals surface area contributed by atoms with Crippen LogP contribution >= 0.6 is 0 Å². The van der Waals surface area contributed by atoms with E-state index in [1.807, 2.05) is 0 Å². The van der Waals surface area contributed by atoms with Crippen molar-refractivity contribution in [2.75, 3.05) is 19.6 Å². The molecular weight excluding hydrogens is 291 g/mol. The summed E-state index contributed by atoms with van der Waals surface area (Å²) in [5.74, 6) is -8.38. The Morgan fingerprint density at radius 3 is 2.62 bits per heavy atom. The monoisotopic (exact) mass is 303 g/mol. The highest BCUT2D eigenvalue weighted by atomic mass is 19.2. The van der Waals surface area contributed by atoms with Crippen molar-refractivity contribution in [3.05, 3.63) is 29.1 Å². The number of rotatable bonds is 2. The number of phenols is 1. The summed E-state index contributed by atoms with van der Waals surface area (Å²) in [5.41, 5.74) is 4.28. The van der Waals surface area contributed by atoms with Crippen LogP contribution in [0.1, 0.15) is 10.4 Å². The molecule has 1 atom stereocenters. The average molecular weight is 303 g/mol. The molecule has 4 N–H and O–H groups in total. The summed E-state index contributed by atoms with van der Waals surface area (Å²) in [4.78, 5) is 24.4. The predicted molar refractivity (Wildman–Crippen MR) is 64.9 cm³/mol. The summed E-state index contributed by atoms with van der Waals surface area (Å²) in [6.07, 6.45) is 0. The van der Waals surface area contributed by atoms with E-state index in [0.29, 0.717) is 12.6 Å².